The van der Waals surface area contributed by atoms with Gasteiger partial charge in [0.1, 0.15) is 5.82 Å². The highest BCUT2D eigenvalue weighted by Crippen LogP contribution is 2.59. The fourth-order valence-corrected chi connectivity index (χ4v) is 3.57. The number of hydrogen-bond donors (Lipinski definition) is 2. The summed E-state index contributed by atoms with van der Waals surface area (Å²) in [5.41, 5.74) is 11.2. The van der Waals surface area contributed by atoms with E-state index >= 15 is 0 Å². The standard InChI is InChI=1S/C13H14FN3OS/c14-10-2-1-7(11(15)18)5-9(10)13-6-8(13)3-4-19-12(16)17-13/h1-2,5,8H,3-4,6H2,(H2,15,18)(H2,16,17)/t8-,13-/m1/s1. The van der Waals surface area contributed by atoms with E-state index in [0.29, 0.717) is 22.2 Å². The number of aliphatic imine (C=N–C) groups is 1. The van der Waals surface area contributed by atoms with E-state index in [1.54, 1.807) is 0 Å². The molecule has 1 aliphatic carbocycles. The molecule has 0 bridgehead atoms. The number of nitrogens with zero attached hydrogens (tertiary/aromatic N) is 1. The lowest BCUT2D eigenvalue weighted by Crippen LogP contribution is -2.17. The van der Waals surface area contributed by atoms with Crippen LogP contribution in [-0.4, -0.2) is 16.8 Å². The molecular weight excluding hydrogens is 265 g/mol. The third-order valence-electron chi connectivity index (χ3n) is 3.82. The molecule has 6 heteroatoms. The molecule has 3 rings (SSSR count). The number of hydrogen-bond acceptors (Lipinski definition) is 4. The molecule has 19 heavy (non-hydrogen) atoms. The summed E-state index contributed by atoms with van der Waals surface area (Å²) < 4.78 is 14.1. The normalized spacial score (nSPS) is 29.1. The number of amides is 1. The Labute approximate surface area is 114 Å². The number of thioether (sulfide) groups is 1. The molecule has 0 unspecified atom stereocenters. The van der Waals surface area contributed by atoms with Crippen LogP contribution in [0.1, 0.15) is 28.8 Å². The van der Waals surface area contributed by atoms with Gasteiger partial charge in [0.05, 0.1) is 5.54 Å². The van der Waals surface area contributed by atoms with Crippen molar-refractivity contribution in [3.8, 4) is 0 Å². The topological polar surface area (TPSA) is 81.5 Å². The summed E-state index contributed by atoms with van der Waals surface area (Å²) in [6.07, 6.45) is 1.74. The van der Waals surface area contributed by atoms with Gasteiger partial charge < -0.3 is 11.5 Å². The van der Waals surface area contributed by atoms with Crippen molar-refractivity contribution < 1.29 is 9.18 Å². The van der Waals surface area contributed by atoms with E-state index in [2.05, 4.69) is 4.99 Å². The number of carbonyl (C=O) groups is 1. The van der Waals surface area contributed by atoms with E-state index in [0.717, 1.165) is 18.6 Å². The molecule has 0 radical (unpaired) electrons. The minimum Gasteiger partial charge on any atom is -0.379 e. The highest BCUT2D eigenvalue weighted by molar-refractivity contribution is 8.13. The number of halogens is 1. The van der Waals surface area contributed by atoms with Crippen LogP contribution in [0.3, 0.4) is 0 Å². The molecule has 1 heterocycles. The van der Waals surface area contributed by atoms with Crippen LogP contribution in [0.5, 0.6) is 0 Å². The van der Waals surface area contributed by atoms with Gasteiger partial charge in [-0.25, -0.2) is 4.39 Å². The van der Waals surface area contributed by atoms with Gasteiger partial charge in [-0.3, -0.25) is 9.79 Å². The van der Waals surface area contributed by atoms with Crippen LogP contribution < -0.4 is 11.5 Å². The van der Waals surface area contributed by atoms with Crippen LogP contribution in [-0.2, 0) is 5.54 Å². The van der Waals surface area contributed by atoms with E-state index in [1.807, 2.05) is 0 Å². The van der Waals surface area contributed by atoms with Crippen molar-refractivity contribution >= 4 is 22.8 Å². The van der Waals surface area contributed by atoms with Gasteiger partial charge in [0.25, 0.3) is 0 Å². The van der Waals surface area contributed by atoms with Crippen LogP contribution in [0.2, 0.25) is 0 Å². The van der Waals surface area contributed by atoms with Crippen molar-refractivity contribution in [2.45, 2.75) is 18.4 Å². The summed E-state index contributed by atoms with van der Waals surface area (Å²) in [4.78, 5) is 15.7. The third-order valence-corrected chi connectivity index (χ3v) is 4.64. The highest BCUT2D eigenvalue weighted by atomic mass is 32.2. The SMILES string of the molecule is NC(=O)c1ccc(F)c([C@@]23C[C@H]2CCSC(N)=N3)c1. The van der Waals surface area contributed by atoms with Gasteiger partial charge in [-0.1, -0.05) is 11.8 Å². The molecule has 2 atom stereocenters. The van der Waals surface area contributed by atoms with Crippen molar-refractivity contribution in [1.82, 2.24) is 0 Å². The zero-order valence-corrected chi connectivity index (χ0v) is 11.0. The number of fused-ring (bicyclic) bond motifs is 1. The molecule has 0 aromatic heterocycles. The molecular formula is C13H14FN3OS. The number of carbonyl (C=O) groups excluding carboxylic acids is 1. The summed E-state index contributed by atoms with van der Waals surface area (Å²) in [6, 6.07) is 4.20. The predicted molar refractivity (Wildman–Crippen MR) is 73.4 cm³/mol. The Hall–Kier alpha value is -1.56. The monoisotopic (exact) mass is 279 g/mol. The van der Waals surface area contributed by atoms with Gasteiger partial charge in [0, 0.05) is 16.9 Å². The van der Waals surface area contributed by atoms with Gasteiger partial charge in [0.2, 0.25) is 5.91 Å². The lowest BCUT2D eigenvalue weighted by molar-refractivity contribution is 0.1000. The molecule has 1 amide bonds. The van der Waals surface area contributed by atoms with Gasteiger partial charge >= 0.3 is 0 Å². The Bertz CT molecular complexity index is 589. The number of primary amides is 1. The van der Waals surface area contributed by atoms with Crippen LogP contribution in [0, 0.1) is 11.7 Å². The average molecular weight is 279 g/mol. The summed E-state index contributed by atoms with van der Waals surface area (Å²) in [6.45, 7) is 0. The van der Waals surface area contributed by atoms with Crippen molar-refractivity contribution in [3.05, 3.63) is 35.1 Å². The molecule has 4 nitrogen and oxygen atoms in total. The molecule has 100 valence electrons. The summed E-state index contributed by atoms with van der Waals surface area (Å²) >= 11 is 1.50. The maximum absolute atomic E-state index is 14.1. The molecule has 1 fully saturated rings. The zero-order chi connectivity index (χ0) is 13.6. The zero-order valence-electron chi connectivity index (χ0n) is 10.2. The minimum absolute atomic E-state index is 0.304. The number of nitrogens with two attached hydrogens (primary N) is 2. The first-order valence-corrected chi connectivity index (χ1v) is 7.09. The molecule has 1 aromatic carbocycles. The third kappa shape index (κ3) is 2.00. The second kappa shape index (κ2) is 4.23. The molecule has 0 saturated heterocycles. The summed E-state index contributed by atoms with van der Waals surface area (Å²) in [7, 11) is 0. The largest absolute Gasteiger partial charge is 0.379 e. The number of amidine groups is 1. The fraction of sp³-hybridized carbons (Fsp3) is 0.385. The smallest absolute Gasteiger partial charge is 0.248 e. The Morgan fingerprint density at radius 1 is 1.53 bits per heavy atom. The quantitative estimate of drug-likeness (QED) is 0.862. The van der Waals surface area contributed by atoms with Crippen molar-refractivity contribution in [2.75, 3.05) is 5.75 Å². The lowest BCUT2D eigenvalue weighted by Gasteiger charge is -2.14. The van der Waals surface area contributed by atoms with Gasteiger partial charge in [-0.2, -0.15) is 0 Å². The van der Waals surface area contributed by atoms with E-state index in [1.165, 1.54) is 30.0 Å². The maximum Gasteiger partial charge on any atom is 0.248 e. The van der Waals surface area contributed by atoms with Gasteiger partial charge in [-0.05, 0) is 37.0 Å². The second-order valence-corrected chi connectivity index (χ2v) is 6.09. The first kappa shape index (κ1) is 12.5. The molecule has 1 aliphatic heterocycles. The van der Waals surface area contributed by atoms with Crippen molar-refractivity contribution in [2.24, 2.45) is 22.4 Å². The Morgan fingerprint density at radius 2 is 2.32 bits per heavy atom. The maximum atomic E-state index is 14.1. The van der Waals surface area contributed by atoms with E-state index in [9.17, 15) is 9.18 Å². The Morgan fingerprint density at radius 3 is 3.05 bits per heavy atom. The molecule has 0 spiro atoms. The van der Waals surface area contributed by atoms with Crippen LogP contribution in [0.15, 0.2) is 23.2 Å². The fourth-order valence-electron chi connectivity index (χ4n) is 2.73. The van der Waals surface area contributed by atoms with Crippen molar-refractivity contribution in [1.29, 1.82) is 0 Å². The van der Waals surface area contributed by atoms with Gasteiger partial charge in [-0.15, -0.1) is 0 Å². The second-order valence-electron chi connectivity index (χ2n) is 4.97. The van der Waals surface area contributed by atoms with Crippen LogP contribution >= 0.6 is 11.8 Å². The van der Waals surface area contributed by atoms with Gasteiger partial charge in [0.15, 0.2) is 5.17 Å². The summed E-state index contributed by atoms with van der Waals surface area (Å²) in [5.74, 6) is 0.295. The van der Waals surface area contributed by atoms with E-state index in [-0.39, 0.29) is 5.82 Å². The Kier molecular flexibility index (Phi) is 2.78. The molecule has 2 aliphatic rings. The molecule has 1 aromatic rings. The number of rotatable bonds is 2. The Balaban J connectivity index is 2.09. The molecule has 4 N–H and O–H groups in total. The van der Waals surface area contributed by atoms with E-state index < -0.39 is 11.4 Å². The highest BCUT2D eigenvalue weighted by Gasteiger charge is 2.57. The average Bonchev–Trinajstić information content (AvgIpc) is 3.03. The first-order chi connectivity index (χ1) is 9.03. The minimum atomic E-state index is -0.580. The number of benzene rings is 1. The van der Waals surface area contributed by atoms with E-state index in [4.69, 9.17) is 11.5 Å². The first-order valence-electron chi connectivity index (χ1n) is 6.11. The predicted octanol–water partition coefficient (Wildman–Crippen LogP) is 1.59. The van der Waals surface area contributed by atoms with Crippen LogP contribution in [0.4, 0.5) is 4.39 Å². The molecule has 1 saturated carbocycles. The van der Waals surface area contributed by atoms with Crippen molar-refractivity contribution in [3.63, 3.8) is 0 Å². The lowest BCUT2D eigenvalue weighted by atomic mass is 9.98. The summed E-state index contributed by atoms with van der Waals surface area (Å²) in [5, 5.41) is 0.490. The van der Waals surface area contributed by atoms with Crippen LogP contribution in [0.25, 0.3) is 0 Å².